The third-order valence-corrected chi connectivity index (χ3v) is 5.23. The topological polar surface area (TPSA) is 102 Å². The number of rotatable bonds is 6. The number of esters is 1. The molecule has 1 atom stereocenters. The molecule has 1 aliphatic heterocycles. The lowest BCUT2D eigenvalue weighted by molar-refractivity contribution is -0.154. The molecule has 1 N–H and O–H groups in total. The van der Waals surface area contributed by atoms with Crippen LogP contribution in [-0.4, -0.2) is 64.1 Å². The Morgan fingerprint density at radius 2 is 2.07 bits per heavy atom. The van der Waals surface area contributed by atoms with E-state index in [0.29, 0.717) is 25.8 Å². The number of morpholine rings is 1. The van der Waals surface area contributed by atoms with Crippen molar-refractivity contribution in [3.8, 4) is 0 Å². The summed E-state index contributed by atoms with van der Waals surface area (Å²) in [6.45, 7) is 1.44. The van der Waals surface area contributed by atoms with E-state index in [-0.39, 0.29) is 6.10 Å². The molecular weight excluding hydrogens is 405 g/mol. The molecule has 0 radical (unpaired) electrons. The Kier molecular flexibility index (Phi) is 7.01. The van der Waals surface area contributed by atoms with Gasteiger partial charge in [-0.3, -0.25) is 9.59 Å². The second kappa shape index (κ2) is 8.88. The van der Waals surface area contributed by atoms with Crippen LogP contribution in [0, 0.1) is 0 Å². The predicted octanol–water partition coefficient (Wildman–Crippen LogP) is 0.774. The molecular formula is C16H19F3N2O6S. The zero-order valence-electron chi connectivity index (χ0n) is 14.9. The second-order valence-corrected chi connectivity index (χ2v) is 7.80. The van der Waals surface area contributed by atoms with Crippen molar-refractivity contribution in [1.82, 2.24) is 9.62 Å². The smallest absolute Gasteiger partial charge is 0.416 e. The lowest BCUT2D eigenvalue weighted by Gasteiger charge is -2.30. The first-order chi connectivity index (χ1) is 13.0. The van der Waals surface area contributed by atoms with E-state index in [2.05, 4.69) is 0 Å². The number of halogens is 3. The minimum Gasteiger partial charge on any atom is -0.455 e. The highest BCUT2D eigenvalue weighted by Crippen LogP contribution is 2.30. The maximum Gasteiger partial charge on any atom is 0.416 e. The summed E-state index contributed by atoms with van der Waals surface area (Å²) in [6.07, 6.45) is -4.85. The number of carbonyl (C=O) groups is 2. The molecule has 12 heteroatoms. The Labute approximate surface area is 159 Å². The van der Waals surface area contributed by atoms with Gasteiger partial charge in [0.25, 0.3) is 5.91 Å². The van der Waals surface area contributed by atoms with Crippen molar-refractivity contribution in [2.45, 2.75) is 24.1 Å². The minimum absolute atomic E-state index is 0.146. The molecule has 1 aromatic carbocycles. The average Bonchev–Trinajstić information content (AvgIpc) is 2.64. The van der Waals surface area contributed by atoms with Gasteiger partial charge >= 0.3 is 12.1 Å². The zero-order chi connectivity index (χ0) is 20.9. The van der Waals surface area contributed by atoms with Gasteiger partial charge in [-0.1, -0.05) is 6.07 Å². The summed E-state index contributed by atoms with van der Waals surface area (Å²) in [5.41, 5.74) is -1.14. The fourth-order valence-electron chi connectivity index (χ4n) is 2.41. The first-order valence-electron chi connectivity index (χ1n) is 8.21. The van der Waals surface area contributed by atoms with Crippen LogP contribution in [0.2, 0.25) is 0 Å². The summed E-state index contributed by atoms with van der Waals surface area (Å²) in [7, 11) is -4.37. The normalized spacial score (nSPS) is 18.0. The van der Waals surface area contributed by atoms with Crippen molar-refractivity contribution in [3.05, 3.63) is 29.8 Å². The second-order valence-electron chi connectivity index (χ2n) is 6.03. The fraction of sp³-hybridized carbons (Fsp3) is 0.500. The molecule has 8 nitrogen and oxygen atoms in total. The van der Waals surface area contributed by atoms with Gasteiger partial charge < -0.3 is 14.4 Å². The highest BCUT2D eigenvalue weighted by atomic mass is 32.2. The van der Waals surface area contributed by atoms with Crippen LogP contribution in [0.4, 0.5) is 13.2 Å². The third-order valence-electron chi connectivity index (χ3n) is 3.83. The Morgan fingerprint density at radius 3 is 2.71 bits per heavy atom. The number of ether oxygens (including phenoxy) is 2. The predicted molar refractivity (Wildman–Crippen MR) is 89.6 cm³/mol. The van der Waals surface area contributed by atoms with E-state index >= 15 is 0 Å². The van der Waals surface area contributed by atoms with Gasteiger partial charge in [0.05, 0.1) is 23.2 Å². The molecule has 1 saturated heterocycles. The molecule has 1 amide bonds. The summed E-state index contributed by atoms with van der Waals surface area (Å²) >= 11 is 0. The summed E-state index contributed by atoms with van der Waals surface area (Å²) in [5, 5.41) is 0. The van der Waals surface area contributed by atoms with Gasteiger partial charge in [-0.2, -0.15) is 17.9 Å². The van der Waals surface area contributed by atoms with Crippen molar-refractivity contribution in [2.75, 3.05) is 32.8 Å². The number of nitrogens with one attached hydrogen (secondary N) is 1. The van der Waals surface area contributed by atoms with E-state index in [1.165, 1.54) is 4.90 Å². The van der Waals surface area contributed by atoms with Gasteiger partial charge in [0.1, 0.15) is 6.54 Å². The number of hydrogen-bond acceptors (Lipinski definition) is 6. The first kappa shape index (κ1) is 22.1. The van der Waals surface area contributed by atoms with E-state index in [9.17, 15) is 31.2 Å². The van der Waals surface area contributed by atoms with Crippen LogP contribution >= 0.6 is 0 Å². The van der Waals surface area contributed by atoms with Crippen LogP contribution in [0.3, 0.4) is 0 Å². The zero-order valence-corrected chi connectivity index (χ0v) is 15.7. The van der Waals surface area contributed by atoms with Crippen molar-refractivity contribution < 1.29 is 40.7 Å². The third kappa shape index (κ3) is 6.17. The van der Waals surface area contributed by atoms with Crippen LogP contribution in [-0.2, 0) is 35.3 Å². The van der Waals surface area contributed by atoms with Crippen molar-refractivity contribution in [1.29, 1.82) is 0 Å². The minimum atomic E-state index is -4.71. The van der Waals surface area contributed by atoms with E-state index < -0.39 is 51.7 Å². The van der Waals surface area contributed by atoms with Crippen LogP contribution in [0.5, 0.6) is 0 Å². The molecule has 156 valence electrons. The van der Waals surface area contributed by atoms with Crippen LogP contribution in [0.25, 0.3) is 0 Å². The van der Waals surface area contributed by atoms with Crippen molar-refractivity contribution in [3.63, 3.8) is 0 Å². The molecule has 0 spiro atoms. The number of sulfonamides is 1. The molecule has 2 rings (SSSR count). The van der Waals surface area contributed by atoms with E-state index in [1.807, 2.05) is 4.72 Å². The Balaban J connectivity index is 1.87. The van der Waals surface area contributed by atoms with Crippen molar-refractivity contribution >= 4 is 21.9 Å². The van der Waals surface area contributed by atoms with Gasteiger partial charge in [0, 0.05) is 13.1 Å². The maximum atomic E-state index is 12.7. The molecule has 1 unspecified atom stereocenters. The highest BCUT2D eigenvalue weighted by molar-refractivity contribution is 7.89. The molecule has 0 bridgehead atoms. The van der Waals surface area contributed by atoms with Gasteiger partial charge in [-0.05, 0) is 25.1 Å². The molecule has 1 fully saturated rings. The van der Waals surface area contributed by atoms with E-state index in [0.717, 1.165) is 18.2 Å². The first-order valence-corrected chi connectivity index (χ1v) is 9.69. The molecule has 0 saturated carbocycles. The van der Waals surface area contributed by atoms with Crippen molar-refractivity contribution in [2.24, 2.45) is 0 Å². The highest BCUT2D eigenvalue weighted by Gasteiger charge is 2.31. The summed E-state index contributed by atoms with van der Waals surface area (Å²) in [4.78, 5) is 24.4. The van der Waals surface area contributed by atoms with Crippen LogP contribution in [0.15, 0.2) is 29.2 Å². The number of benzene rings is 1. The van der Waals surface area contributed by atoms with E-state index in [4.69, 9.17) is 9.47 Å². The summed E-state index contributed by atoms with van der Waals surface area (Å²) < 4.78 is 74.1. The number of carbonyl (C=O) groups excluding carboxylic acids is 2. The monoisotopic (exact) mass is 424 g/mol. The molecule has 0 aliphatic carbocycles. The lowest BCUT2D eigenvalue weighted by Crippen LogP contribution is -2.46. The molecule has 0 aromatic heterocycles. The Morgan fingerprint density at radius 1 is 1.36 bits per heavy atom. The van der Waals surface area contributed by atoms with Crippen LogP contribution in [0.1, 0.15) is 12.5 Å². The molecule has 1 heterocycles. The number of amides is 1. The number of hydrogen-bond donors (Lipinski definition) is 1. The Hall–Kier alpha value is -2.18. The Bertz CT molecular complexity index is 828. The summed E-state index contributed by atoms with van der Waals surface area (Å²) in [5.74, 6) is -1.49. The summed E-state index contributed by atoms with van der Waals surface area (Å²) in [6, 6.07) is 3.09. The fourth-order valence-corrected chi connectivity index (χ4v) is 3.42. The lowest BCUT2D eigenvalue weighted by atomic mass is 10.2. The molecule has 1 aromatic rings. The molecule has 1 aliphatic rings. The number of nitrogens with zero attached hydrogens (tertiary/aromatic N) is 1. The van der Waals surface area contributed by atoms with Gasteiger partial charge in [0.2, 0.25) is 10.0 Å². The van der Waals surface area contributed by atoms with Crippen LogP contribution < -0.4 is 4.72 Å². The van der Waals surface area contributed by atoms with E-state index in [1.54, 1.807) is 6.92 Å². The SMILES string of the molecule is CC1CN(C(=O)COC(=O)CNS(=O)(=O)c2cccc(C(F)(F)F)c2)CCO1. The average molecular weight is 424 g/mol. The maximum absolute atomic E-state index is 12.7. The number of alkyl halides is 3. The van der Waals surface area contributed by atoms with Gasteiger partial charge in [-0.25, -0.2) is 8.42 Å². The standard InChI is InChI=1S/C16H19F3N2O6S/c1-11-9-21(5-6-26-11)14(22)10-27-15(23)8-20-28(24,25)13-4-2-3-12(7-13)16(17,18)19/h2-4,7,11,20H,5-6,8-10H2,1H3. The quantitative estimate of drug-likeness (QED) is 0.677. The largest absolute Gasteiger partial charge is 0.455 e. The van der Waals surface area contributed by atoms with Gasteiger partial charge in [-0.15, -0.1) is 0 Å². The molecule has 28 heavy (non-hydrogen) atoms. The van der Waals surface area contributed by atoms with Gasteiger partial charge in [0.15, 0.2) is 6.61 Å².